The van der Waals surface area contributed by atoms with E-state index in [4.69, 9.17) is 88.6 Å². The van der Waals surface area contributed by atoms with Gasteiger partial charge < -0.3 is 18.9 Å². The molecule has 0 amide bonds. The van der Waals surface area contributed by atoms with Gasteiger partial charge in [0.05, 0.1) is 106 Å². The SMILES string of the molecule is O=S(=O)(C[C@@H]1CC[C@@]2(S(=O)(=O)c3ccc(Cl)cc3)c3c(F)c(Cl)cc(F)c3OC[C@H]2C1)NC1CCCCC1.O=S(=O)(C[C@@H]1CC[C@@]2(S(=O)(=O)c3ccc(Cl)cc3)c3c(F)c(Cl)cc(F)c3OC[C@H]2C1)Nc1ccccc1.O=S(=O)(C[C@@H]1CC[C@@]2(S(=O)(=O)c3ccc(Cl)cc3)c3c(F)ccc(F)c3OC[C@H]2C1)Nc1ccccc1.O=S(=O)(C[C@@H]1CC[C@@]2(S(=O)(=O)c3ccc(Cl)cc3)c3c(F)ccc(F)c3OC[C@H]2C1)c1ccccc1. The predicted molar refractivity (Wildman–Crippen MR) is 552 cm³/mol. The molecule has 0 unspecified atom stereocenters. The van der Waals surface area contributed by atoms with E-state index in [0.717, 1.165) is 68.5 Å². The third-order valence-electron chi connectivity index (χ3n) is 30.0. The number of para-hydroxylation sites is 2. The van der Waals surface area contributed by atoms with Crippen molar-refractivity contribution in [2.24, 2.45) is 47.3 Å². The minimum Gasteiger partial charge on any atom is -0.490 e. The Balaban J connectivity index is 0.000000135. The van der Waals surface area contributed by atoms with Crippen LogP contribution in [0.1, 0.15) is 131 Å². The first kappa shape index (κ1) is 111. The normalized spacial score (nSPS) is 24.2. The number of hydrogen-bond donors (Lipinski definition) is 3. The van der Waals surface area contributed by atoms with E-state index >= 15 is 17.6 Å². The van der Waals surface area contributed by atoms with Gasteiger partial charge in [-0.25, -0.2) is 107 Å². The van der Waals surface area contributed by atoms with E-state index in [1.54, 1.807) is 78.9 Å². The van der Waals surface area contributed by atoms with Gasteiger partial charge in [0, 0.05) is 61.2 Å². The van der Waals surface area contributed by atoms with Gasteiger partial charge in [0.15, 0.2) is 107 Å². The van der Waals surface area contributed by atoms with E-state index in [9.17, 15) is 84.9 Å². The summed E-state index contributed by atoms with van der Waals surface area (Å²) in [4.78, 5) is -0.158. The van der Waals surface area contributed by atoms with Crippen LogP contribution in [0, 0.1) is 93.9 Å². The maximum Gasteiger partial charge on any atom is 0.232 e. The highest BCUT2D eigenvalue weighted by molar-refractivity contribution is 7.94. The molecule has 5 saturated carbocycles. The highest BCUT2D eigenvalue weighted by atomic mass is 35.5. The lowest BCUT2D eigenvalue weighted by Crippen LogP contribution is -2.53. The molecular formula is C104H99Cl6F8N3O20S8. The number of sulfone groups is 5. The van der Waals surface area contributed by atoms with Crippen molar-refractivity contribution in [3.8, 4) is 23.0 Å². The lowest BCUT2D eigenvalue weighted by atomic mass is 9.69. The van der Waals surface area contributed by atoms with Gasteiger partial charge in [0.1, 0.15) is 30.6 Å². The van der Waals surface area contributed by atoms with Crippen LogP contribution in [0.15, 0.2) is 249 Å². The monoisotopic (exact) mass is 2330 g/mol. The van der Waals surface area contributed by atoms with Crippen molar-refractivity contribution < 1.29 is 121 Å². The minimum absolute atomic E-state index is 0.0660. The molecule has 0 aromatic heterocycles. The molecular weight excluding hydrogens is 2230 g/mol. The summed E-state index contributed by atoms with van der Waals surface area (Å²) in [6.07, 6.45) is 5.43. The van der Waals surface area contributed by atoms with E-state index in [-0.39, 0.29) is 180 Å². The van der Waals surface area contributed by atoms with Crippen LogP contribution in [0.2, 0.25) is 30.1 Å². The Kier molecular flexibility index (Phi) is 32.6. The standard InChI is InChI=1S/C26H29Cl2F2NO5S2.C26H23Cl2F2NO5S2.C26H24ClF2NO5S2.C26H23ClF2O5S2/c2*27-18-6-8-20(9-7-18)38(34,35)26-11-10-16(15-37(32,33)31-19-4-2-1-3-5-19)12-17(26)14-36-25-22(29)13-21(28)24(30)23(25)26;27-19-6-8-21(9-7-19)37(33,34)26-13-12-17(16-36(31,32)30-20-4-2-1-3-5-20)14-18(26)15-35-25-23(29)11-10-22(28)24(25)26;27-19-6-8-21(9-7-19)36(32,33)26-13-12-17(16-35(30,31)20-4-2-1-3-5-20)14-18(26)15-34-25-23(29)11-10-22(28)24(25)26/h6-9,13,16-17,19,31H,1-5,10-12,14-15H2;1-9,13,16-17,31H,10-12,14-15H2;1-11,17-18,30H,12-16H2;1-11,17-18H,12-16H2/t2*16-,17-,26+;2*17-,18-,26+/m1111/s1. The van der Waals surface area contributed by atoms with E-state index < -0.39 is 224 Å². The minimum atomic E-state index is -4.35. The molecule has 149 heavy (non-hydrogen) atoms. The van der Waals surface area contributed by atoms with Gasteiger partial charge in [0.25, 0.3) is 0 Å². The van der Waals surface area contributed by atoms with Crippen LogP contribution in [0.3, 0.4) is 0 Å². The summed E-state index contributed by atoms with van der Waals surface area (Å²) in [5, 5.41) is 0.195. The van der Waals surface area contributed by atoms with Gasteiger partial charge in [0.2, 0.25) is 30.1 Å². The summed E-state index contributed by atoms with van der Waals surface area (Å²) >= 11 is 35.8. The largest absolute Gasteiger partial charge is 0.490 e. The molecule has 3 N–H and O–H groups in total. The van der Waals surface area contributed by atoms with Crippen molar-refractivity contribution in [2.75, 3.05) is 58.9 Å². The first-order chi connectivity index (χ1) is 70.5. The second-order valence-electron chi connectivity index (χ2n) is 39.0. The number of ether oxygens (including phenoxy) is 4. The molecule has 796 valence electrons. The summed E-state index contributed by atoms with van der Waals surface area (Å²) in [5.41, 5.74) is -0.691. The van der Waals surface area contributed by atoms with Crippen LogP contribution in [-0.2, 0) is 98.2 Å². The van der Waals surface area contributed by atoms with Crippen molar-refractivity contribution in [3.05, 3.63) is 323 Å². The van der Waals surface area contributed by atoms with E-state index in [0.29, 0.717) is 31.5 Å². The molecule has 4 aliphatic heterocycles. The fourth-order valence-corrected chi connectivity index (χ4v) is 40.1. The third kappa shape index (κ3) is 21.8. The topological polar surface area (TPSA) is 346 Å². The summed E-state index contributed by atoms with van der Waals surface area (Å²) in [6, 6.07) is 52.0. The van der Waals surface area contributed by atoms with E-state index in [1.807, 2.05) is 0 Å². The van der Waals surface area contributed by atoms with E-state index in [1.165, 1.54) is 109 Å². The van der Waals surface area contributed by atoms with Crippen molar-refractivity contribution in [2.45, 2.75) is 159 Å². The Bertz CT molecular complexity index is 7910. The average molecular weight is 2330 g/mol. The third-order valence-corrected chi connectivity index (χ3v) is 48.3. The number of anilines is 2. The molecule has 0 saturated heterocycles. The number of halogens is 14. The zero-order valence-electron chi connectivity index (χ0n) is 79.0. The van der Waals surface area contributed by atoms with Gasteiger partial charge in [-0.2, -0.15) is 0 Å². The molecule has 23 nitrogen and oxygen atoms in total. The fourth-order valence-electron chi connectivity index (χ4n) is 23.3. The maximum atomic E-state index is 15.6. The van der Waals surface area contributed by atoms with Crippen LogP contribution >= 0.6 is 69.6 Å². The molecule has 5 fully saturated rings. The average Bonchev–Trinajstić information content (AvgIpc) is 0.714. The quantitative estimate of drug-likeness (QED) is 0.0395. The van der Waals surface area contributed by atoms with Gasteiger partial charge in [-0.1, -0.05) is 143 Å². The van der Waals surface area contributed by atoms with Gasteiger partial charge >= 0.3 is 0 Å². The Hall–Kier alpha value is -9.04. The molecule has 0 bridgehead atoms. The summed E-state index contributed by atoms with van der Waals surface area (Å²) in [6.45, 7) is -0.810. The summed E-state index contributed by atoms with van der Waals surface area (Å²) in [7, 11) is -32.0. The molecule has 0 radical (unpaired) electrons. The van der Waals surface area contributed by atoms with Gasteiger partial charge in [-0.15, -0.1) is 0 Å². The summed E-state index contributed by atoms with van der Waals surface area (Å²) in [5.74, 6) is -15.0. The number of fused-ring (bicyclic) bond motifs is 12. The second-order valence-corrected chi connectivity index (χ2v) is 57.7. The van der Waals surface area contributed by atoms with Crippen LogP contribution < -0.4 is 33.1 Å². The molecule has 0 spiro atoms. The zero-order chi connectivity index (χ0) is 107. The van der Waals surface area contributed by atoms with Crippen molar-refractivity contribution >= 4 is 160 Å². The lowest BCUT2D eigenvalue weighted by molar-refractivity contribution is 0.103. The van der Waals surface area contributed by atoms with Crippen LogP contribution in [0.25, 0.3) is 0 Å². The van der Waals surface area contributed by atoms with Gasteiger partial charge in [-0.05, 0) is 283 Å². The second kappa shape index (κ2) is 43.7. The number of nitrogens with one attached hydrogen (secondary N) is 3. The van der Waals surface area contributed by atoms with E-state index in [2.05, 4.69) is 14.2 Å². The number of benzene rings is 11. The molecule has 11 aromatic rings. The fraction of sp³-hybridized carbons (Fsp3) is 0.365. The molecule has 12 atom stereocenters. The Labute approximate surface area is 889 Å². The lowest BCUT2D eigenvalue weighted by Gasteiger charge is -2.49. The predicted octanol–water partition coefficient (Wildman–Crippen LogP) is 23.3. The van der Waals surface area contributed by atoms with Crippen molar-refractivity contribution in [1.82, 2.24) is 4.72 Å². The smallest absolute Gasteiger partial charge is 0.232 e. The highest BCUT2D eigenvalue weighted by Crippen LogP contribution is 2.64. The Morgan fingerprint density at radius 1 is 0.282 bits per heavy atom. The first-order valence-electron chi connectivity index (χ1n) is 47.7. The summed E-state index contributed by atoms with van der Waals surface area (Å²) < 4.78 is 362. The molecule has 9 aliphatic rings. The number of hydrogen-bond acceptors (Lipinski definition) is 20. The molecule has 4 heterocycles. The first-order valence-corrected chi connectivity index (χ1v) is 62.5. The Morgan fingerprint density at radius 3 is 0.859 bits per heavy atom. The van der Waals surface area contributed by atoms with Crippen molar-refractivity contribution in [1.29, 1.82) is 0 Å². The highest BCUT2D eigenvalue weighted by Gasteiger charge is 2.65. The molecule has 5 aliphatic carbocycles. The Morgan fingerprint density at radius 2 is 0.550 bits per heavy atom. The van der Waals surface area contributed by atoms with Crippen LogP contribution in [0.5, 0.6) is 23.0 Å². The van der Waals surface area contributed by atoms with Crippen LogP contribution in [0.4, 0.5) is 46.5 Å². The number of rotatable bonds is 23. The van der Waals surface area contributed by atoms with Gasteiger partial charge in [-0.3, -0.25) is 9.44 Å². The molecule has 20 rings (SSSR count). The maximum absolute atomic E-state index is 15.6. The van der Waals surface area contributed by atoms with Crippen LogP contribution in [-0.4, -0.2) is 123 Å². The zero-order valence-corrected chi connectivity index (χ0v) is 90.0. The molecule has 45 heteroatoms. The van der Waals surface area contributed by atoms with Crippen molar-refractivity contribution in [3.63, 3.8) is 0 Å². The number of sulfonamides is 3. The molecule has 11 aromatic carbocycles.